The number of hydrogen-bond donors (Lipinski definition) is 2. The molecule has 0 saturated carbocycles. The van der Waals surface area contributed by atoms with E-state index in [4.69, 9.17) is 16.7 Å². The Hall–Kier alpha value is -0.720. The van der Waals surface area contributed by atoms with Crippen LogP contribution in [0.5, 0.6) is 0 Å². The van der Waals surface area contributed by atoms with E-state index in [1.807, 2.05) is 5.32 Å². The van der Waals surface area contributed by atoms with E-state index in [0.29, 0.717) is 0 Å². The molecule has 1 aromatic heterocycles. The Bertz CT molecular complexity index is 356. The molecule has 0 unspecified atom stereocenters. The molecule has 0 aliphatic heterocycles. The number of carbonyl (C=O) groups is 1. The molecule has 0 aliphatic rings. The summed E-state index contributed by atoms with van der Waals surface area (Å²) in [4.78, 5) is 11.5. The Balaban J connectivity index is 2.55. The van der Waals surface area contributed by atoms with Gasteiger partial charge in [0.1, 0.15) is 11.5 Å². The zero-order valence-electron chi connectivity index (χ0n) is 7.47. The lowest BCUT2D eigenvalue weighted by molar-refractivity contribution is -0.0461. The highest BCUT2D eigenvalue weighted by atomic mass is 35.5. The van der Waals surface area contributed by atoms with Gasteiger partial charge in [-0.05, 0) is 11.4 Å². The van der Waals surface area contributed by atoms with Crippen molar-refractivity contribution in [1.82, 2.24) is 5.32 Å². The minimum Gasteiger partial charge on any atom is -0.390 e. The molecule has 0 spiro atoms. The number of thiophene rings is 1. The minimum absolute atomic E-state index is 0.186. The highest BCUT2D eigenvalue weighted by molar-refractivity contribution is 7.12. The molecule has 1 amide bonds. The van der Waals surface area contributed by atoms with E-state index in [2.05, 4.69) is 0 Å². The molecule has 1 rings (SSSR count). The molecule has 2 N–H and O–H groups in total. The van der Waals surface area contributed by atoms with Gasteiger partial charge in [0, 0.05) is 0 Å². The van der Waals surface area contributed by atoms with Crippen LogP contribution in [0.25, 0.3) is 0 Å². The van der Waals surface area contributed by atoms with Crippen molar-refractivity contribution in [2.45, 2.75) is 5.92 Å². The van der Waals surface area contributed by atoms with E-state index in [1.165, 1.54) is 6.07 Å². The topological polar surface area (TPSA) is 49.3 Å². The van der Waals surface area contributed by atoms with Crippen LogP contribution >= 0.6 is 22.9 Å². The molecule has 0 aromatic carbocycles. The summed E-state index contributed by atoms with van der Waals surface area (Å²) in [6.45, 7) is -2.21. The fourth-order valence-electron chi connectivity index (χ4n) is 0.802. The van der Waals surface area contributed by atoms with Crippen molar-refractivity contribution < 1.29 is 18.7 Å². The van der Waals surface area contributed by atoms with Gasteiger partial charge in [-0.3, -0.25) is 4.79 Å². The second-order valence-corrected chi connectivity index (χ2v) is 4.12. The van der Waals surface area contributed by atoms with Crippen LogP contribution in [0.4, 0.5) is 8.78 Å². The number of aliphatic hydroxyl groups is 1. The second kappa shape index (κ2) is 4.87. The molecule has 1 heterocycles. The Morgan fingerprint density at radius 2 is 2.33 bits per heavy atom. The number of nitrogens with one attached hydrogen (secondary N) is 1. The maximum absolute atomic E-state index is 12.6. The van der Waals surface area contributed by atoms with Crippen LogP contribution in [-0.2, 0) is 0 Å². The maximum atomic E-state index is 12.6. The number of aliphatic hydroxyl groups excluding tert-OH is 1. The third kappa shape index (κ3) is 3.40. The summed E-state index contributed by atoms with van der Waals surface area (Å²) in [6.07, 6.45) is 0. The number of carbonyl (C=O) groups excluding carboxylic acids is 1. The highest BCUT2D eigenvalue weighted by Gasteiger charge is 2.28. The van der Waals surface area contributed by atoms with Crippen LogP contribution in [0.3, 0.4) is 0 Å². The van der Waals surface area contributed by atoms with Gasteiger partial charge in [-0.25, -0.2) is 8.78 Å². The van der Waals surface area contributed by atoms with E-state index in [0.717, 1.165) is 11.3 Å². The van der Waals surface area contributed by atoms with E-state index in [-0.39, 0.29) is 9.90 Å². The predicted molar refractivity (Wildman–Crippen MR) is 53.7 cm³/mol. The van der Waals surface area contributed by atoms with Crippen molar-refractivity contribution in [1.29, 1.82) is 0 Å². The molecule has 0 fully saturated rings. The number of alkyl halides is 2. The molecule has 0 saturated heterocycles. The summed E-state index contributed by atoms with van der Waals surface area (Å²) in [5.74, 6) is -3.97. The Labute approximate surface area is 93.7 Å². The third-order valence-electron chi connectivity index (χ3n) is 1.56. The fraction of sp³-hybridized carbons (Fsp3) is 0.375. The standard InChI is InChI=1S/C8H8ClF2NO2S/c9-5-1-2-15-6(5)7(14)12-3-8(10,11)4-13/h1-2,13H,3-4H2,(H,12,14). The van der Waals surface area contributed by atoms with Gasteiger partial charge in [-0.2, -0.15) is 0 Å². The van der Waals surface area contributed by atoms with Gasteiger partial charge in [0.25, 0.3) is 11.8 Å². The van der Waals surface area contributed by atoms with Gasteiger partial charge in [0.2, 0.25) is 0 Å². The first-order chi connectivity index (χ1) is 6.96. The molecular formula is C8H8ClF2NO2S. The van der Waals surface area contributed by atoms with Crippen LogP contribution in [0, 0.1) is 0 Å². The lowest BCUT2D eigenvalue weighted by atomic mass is 10.3. The molecule has 3 nitrogen and oxygen atoms in total. The average Bonchev–Trinajstić information content (AvgIpc) is 2.61. The molecule has 0 bridgehead atoms. The molecule has 7 heteroatoms. The first-order valence-electron chi connectivity index (χ1n) is 3.96. The Kier molecular flexibility index (Phi) is 4.01. The molecule has 84 valence electrons. The Morgan fingerprint density at radius 1 is 1.67 bits per heavy atom. The summed E-state index contributed by atoms with van der Waals surface area (Å²) < 4.78 is 25.1. The van der Waals surface area contributed by atoms with Crippen LogP contribution in [0.15, 0.2) is 11.4 Å². The predicted octanol–water partition coefficient (Wildman–Crippen LogP) is 1.76. The molecule has 15 heavy (non-hydrogen) atoms. The van der Waals surface area contributed by atoms with Crippen LogP contribution in [0.2, 0.25) is 5.02 Å². The summed E-state index contributed by atoms with van der Waals surface area (Å²) in [5, 5.41) is 12.1. The summed E-state index contributed by atoms with van der Waals surface area (Å²) in [7, 11) is 0. The molecule has 0 radical (unpaired) electrons. The number of rotatable bonds is 4. The zero-order chi connectivity index (χ0) is 11.5. The number of amides is 1. The van der Waals surface area contributed by atoms with Crippen LogP contribution in [0.1, 0.15) is 9.67 Å². The van der Waals surface area contributed by atoms with Gasteiger partial charge >= 0.3 is 0 Å². The number of hydrogen-bond acceptors (Lipinski definition) is 3. The van der Waals surface area contributed by atoms with Gasteiger partial charge in [-0.1, -0.05) is 11.6 Å². The van der Waals surface area contributed by atoms with Crippen molar-refractivity contribution in [2.75, 3.05) is 13.2 Å². The normalized spacial score (nSPS) is 11.5. The van der Waals surface area contributed by atoms with Crippen LogP contribution in [-0.4, -0.2) is 30.1 Å². The summed E-state index contributed by atoms with van der Waals surface area (Å²) in [6, 6.07) is 1.51. The average molecular weight is 256 g/mol. The number of halogens is 3. The van der Waals surface area contributed by atoms with Gasteiger partial charge in [-0.15, -0.1) is 11.3 Å². The largest absolute Gasteiger partial charge is 0.390 e. The van der Waals surface area contributed by atoms with Crippen LogP contribution < -0.4 is 5.32 Å². The lowest BCUT2D eigenvalue weighted by Crippen LogP contribution is -2.38. The molecule has 1 aromatic rings. The van der Waals surface area contributed by atoms with Crippen molar-refractivity contribution in [3.8, 4) is 0 Å². The summed E-state index contributed by atoms with van der Waals surface area (Å²) in [5.41, 5.74) is 0. The smallest absolute Gasteiger partial charge is 0.287 e. The monoisotopic (exact) mass is 255 g/mol. The molecule has 0 atom stereocenters. The van der Waals surface area contributed by atoms with Gasteiger partial charge < -0.3 is 10.4 Å². The van der Waals surface area contributed by atoms with Gasteiger partial charge in [0.15, 0.2) is 0 Å². The summed E-state index contributed by atoms with van der Waals surface area (Å²) >= 11 is 6.70. The first kappa shape index (κ1) is 12.4. The quantitative estimate of drug-likeness (QED) is 0.861. The molecular weight excluding hydrogens is 248 g/mol. The zero-order valence-corrected chi connectivity index (χ0v) is 9.04. The minimum atomic E-state index is -3.31. The fourth-order valence-corrected chi connectivity index (χ4v) is 1.86. The van der Waals surface area contributed by atoms with E-state index < -0.39 is 25.0 Å². The van der Waals surface area contributed by atoms with Crippen molar-refractivity contribution in [2.24, 2.45) is 0 Å². The van der Waals surface area contributed by atoms with E-state index in [1.54, 1.807) is 5.38 Å². The Morgan fingerprint density at radius 3 is 2.80 bits per heavy atom. The second-order valence-electron chi connectivity index (χ2n) is 2.79. The highest BCUT2D eigenvalue weighted by Crippen LogP contribution is 2.21. The van der Waals surface area contributed by atoms with Crippen molar-refractivity contribution in [3.63, 3.8) is 0 Å². The molecule has 0 aliphatic carbocycles. The van der Waals surface area contributed by atoms with Gasteiger partial charge in [0.05, 0.1) is 11.6 Å². The first-order valence-corrected chi connectivity index (χ1v) is 5.22. The SMILES string of the molecule is O=C(NCC(F)(F)CO)c1sccc1Cl. The van der Waals surface area contributed by atoms with Crippen molar-refractivity contribution in [3.05, 3.63) is 21.3 Å². The van der Waals surface area contributed by atoms with E-state index in [9.17, 15) is 13.6 Å². The lowest BCUT2D eigenvalue weighted by Gasteiger charge is -2.13. The third-order valence-corrected chi connectivity index (χ3v) is 2.90. The van der Waals surface area contributed by atoms with Crippen molar-refractivity contribution >= 4 is 28.8 Å². The maximum Gasteiger partial charge on any atom is 0.287 e. The van der Waals surface area contributed by atoms with E-state index >= 15 is 0 Å².